The fourth-order valence-electron chi connectivity index (χ4n) is 1.94. The van der Waals surface area contributed by atoms with Gasteiger partial charge < -0.3 is 15.1 Å². The first kappa shape index (κ1) is 15.8. The molecule has 0 aliphatic heterocycles. The van der Waals surface area contributed by atoms with Crippen molar-refractivity contribution < 1.29 is 9.21 Å². The van der Waals surface area contributed by atoms with E-state index in [1.807, 2.05) is 19.9 Å². The molecule has 1 unspecified atom stereocenters. The minimum atomic E-state index is -0.0706. The normalized spacial score (nSPS) is 12.8. The molecule has 0 bridgehead atoms. The Balaban J connectivity index is 2.61. The maximum Gasteiger partial charge on any atom is 0.289 e. The maximum absolute atomic E-state index is 12.2. The molecule has 0 saturated carbocycles. The van der Waals surface area contributed by atoms with Crippen LogP contribution in [0.5, 0.6) is 0 Å². The number of nitrogens with zero attached hydrogens (tertiary/aromatic N) is 1. The number of carbonyl (C=O) groups excluding carboxylic acids is 1. The summed E-state index contributed by atoms with van der Waals surface area (Å²) in [6, 6.07) is 1.94. The van der Waals surface area contributed by atoms with Gasteiger partial charge in [-0.2, -0.15) is 0 Å². The van der Waals surface area contributed by atoms with E-state index in [2.05, 4.69) is 13.8 Å². The van der Waals surface area contributed by atoms with Crippen LogP contribution in [0, 0.1) is 12.8 Å². The SMILES string of the molecule is CCc1oc(C(=O)N(C)CCC(N)C(C)C)cc1C. The van der Waals surface area contributed by atoms with Crippen LogP contribution in [0.15, 0.2) is 10.5 Å². The van der Waals surface area contributed by atoms with Gasteiger partial charge in [-0.25, -0.2) is 0 Å². The van der Waals surface area contributed by atoms with Gasteiger partial charge >= 0.3 is 0 Å². The Morgan fingerprint density at radius 3 is 2.58 bits per heavy atom. The van der Waals surface area contributed by atoms with Crippen LogP contribution in [-0.4, -0.2) is 30.4 Å². The van der Waals surface area contributed by atoms with Gasteiger partial charge in [0.15, 0.2) is 5.76 Å². The first-order valence-electron chi connectivity index (χ1n) is 6.97. The average molecular weight is 266 g/mol. The molecule has 19 heavy (non-hydrogen) atoms. The van der Waals surface area contributed by atoms with E-state index < -0.39 is 0 Å². The number of aryl methyl sites for hydroxylation is 2. The fourth-order valence-corrected chi connectivity index (χ4v) is 1.94. The number of rotatable bonds is 6. The summed E-state index contributed by atoms with van der Waals surface area (Å²) in [5.74, 6) is 1.67. The van der Waals surface area contributed by atoms with E-state index in [0.717, 1.165) is 24.2 Å². The Morgan fingerprint density at radius 2 is 2.11 bits per heavy atom. The molecule has 1 heterocycles. The third-order valence-electron chi connectivity index (χ3n) is 3.55. The Bertz CT molecular complexity index is 424. The van der Waals surface area contributed by atoms with Crippen LogP contribution >= 0.6 is 0 Å². The van der Waals surface area contributed by atoms with Crippen molar-refractivity contribution in [2.24, 2.45) is 11.7 Å². The van der Waals surface area contributed by atoms with Crippen LogP contribution in [0.25, 0.3) is 0 Å². The molecule has 4 nitrogen and oxygen atoms in total. The highest BCUT2D eigenvalue weighted by Crippen LogP contribution is 2.16. The number of nitrogens with two attached hydrogens (primary N) is 1. The van der Waals surface area contributed by atoms with Crippen molar-refractivity contribution in [3.8, 4) is 0 Å². The van der Waals surface area contributed by atoms with Crippen molar-refractivity contribution in [3.05, 3.63) is 23.2 Å². The second kappa shape index (κ2) is 6.75. The molecule has 1 rings (SSSR count). The van der Waals surface area contributed by atoms with Gasteiger partial charge in [0, 0.05) is 26.1 Å². The molecular formula is C15H26N2O2. The van der Waals surface area contributed by atoms with Crippen molar-refractivity contribution in [2.75, 3.05) is 13.6 Å². The van der Waals surface area contributed by atoms with Gasteiger partial charge in [0.25, 0.3) is 5.91 Å². The van der Waals surface area contributed by atoms with Gasteiger partial charge in [-0.3, -0.25) is 4.79 Å². The zero-order valence-corrected chi connectivity index (χ0v) is 12.7. The van der Waals surface area contributed by atoms with Crippen LogP contribution in [0.1, 0.15) is 49.1 Å². The predicted molar refractivity (Wildman–Crippen MR) is 77.2 cm³/mol. The van der Waals surface area contributed by atoms with E-state index in [4.69, 9.17) is 10.2 Å². The minimum absolute atomic E-state index is 0.0706. The second-order valence-electron chi connectivity index (χ2n) is 5.49. The summed E-state index contributed by atoms with van der Waals surface area (Å²) in [4.78, 5) is 13.9. The first-order valence-corrected chi connectivity index (χ1v) is 6.97. The van der Waals surface area contributed by atoms with Crippen LogP contribution < -0.4 is 5.73 Å². The van der Waals surface area contributed by atoms with Gasteiger partial charge in [-0.1, -0.05) is 20.8 Å². The Morgan fingerprint density at radius 1 is 1.47 bits per heavy atom. The lowest BCUT2D eigenvalue weighted by atomic mass is 10.0. The van der Waals surface area contributed by atoms with Crippen molar-refractivity contribution in [2.45, 2.75) is 46.6 Å². The summed E-state index contributed by atoms with van der Waals surface area (Å²) in [6.45, 7) is 8.82. The molecule has 0 aliphatic rings. The average Bonchev–Trinajstić information content (AvgIpc) is 2.75. The lowest BCUT2D eigenvalue weighted by Crippen LogP contribution is -2.34. The molecular weight excluding hydrogens is 240 g/mol. The first-order chi connectivity index (χ1) is 8.86. The zero-order valence-electron chi connectivity index (χ0n) is 12.7. The highest BCUT2D eigenvalue weighted by molar-refractivity contribution is 5.91. The van der Waals surface area contributed by atoms with Gasteiger partial charge in [-0.15, -0.1) is 0 Å². The Hall–Kier alpha value is -1.29. The van der Waals surface area contributed by atoms with E-state index in [1.165, 1.54) is 0 Å². The van der Waals surface area contributed by atoms with Crippen molar-refractivity contribution in [1.29, 1.82) is 0 Å². The largest absolute Gasteiger partial charge is 0.456 e. The summed E-state index contributed by atoms with van der Waals surface area (Å²) < 4.78 is 5.58. The standard InChI is InChI=1S/C15H26N2O2/c1-6-13-11(4)9-14(19-13)15(18)17(5)8-7-12(16)10(2)3/h9-10,12H,6-8,16H2,1-5H3. The number of hydrogen-bond acceptors (Lipinski definition) is 3. The molecule has 108 valence electrons. The van der Waals surface area contributed by atoms with E-state index in [0.29, 0.717) is 18.2 Å². The quantitative estimate of drug-likeness (QED) is 0.861. The van der Waals surface area contributed by atoms with E-state index in [-0.39, 0.29) is 11.9 Å². The molecule has 0 saturated heterocycles. The smallest absolute Gasteiger partial charge is 0.289 e. The van der Waals surface area contributed by atoms with E-state index >= 15 is 0 Å². The van der Waals surface area contributed by atoms with Gasteiger partial charge in [-0.05, 0) is 30.9 Å². The summed E-state index contributed by atoms with van der Waals surface area (Å²) >= 11 is 0. The number of amides is 1. The molecule has 1 atom stereocenters. The van der Waals surface area contributed by atoms with Gasteiger partial charge in [0.2, 0.25) is 0 Å². The second-order valence-corrected chi connectivity index (χ2v) is 5.49. The summed E-state index contributed by atoms with van der Waals surface area (Å²) in [6.07, 6.45) is 1.61. The lowest BCUT2D eigenvalue weighted by molar-refractivity contribution is 0.0756. The van der Waals surface area contributed by atoms with Crippen molar-refractivity contribution in [3.63, 3.8) is 0 Å². The number of furan rings is 1. The van der Waals surface area contributed by atoms with Crippen LogP contribution in [0.4, 0.5) is 0 Å². The van der Waals surface area contributed by atoms with Crippen LogP contribution in [0.3, 0.4) is 0 Å². The predicted octanol–water partition coefficient (Wildman–Crippen LogP) is 2.60. The van der Waals surface area contributed by atoms with Gasteiger partial charge in [0.1, 0.15) is 5.76 Å². The van der Waals surface area contributed by atoms with Crippen molar-refractivity contribution >= 4 is 5.91 Å². The van der Waals surface area contributed by atoms with Crippen molar-refractivity contribution in [1.82, 2.24) is 4.90 Å². The highest BCUT2D eigenvalue weighted by Gasteiger charge is 2.18. The minimum Gasteiger partial charge on any atom is -0.456 e. The number of carbonyl (C=O) groups is 1. The molecule has 0 radical (unpaired) electrons. The molecule has 0 spiro atoms. The molecule has 2 N–H and O–H groups in total. The molecule has 1 amide bonds. The van der Waals surface area contributed by atoms with Crippen LogP contribution in [-0.2, 0) is 6.42 Å². The van der Waals surface area contributed by atoms with Crippen LogP contribution in [0.2, 0.25) is 0 Å². The molecule has 0 aromatic carbocycles. The monoisotopic (exact) mass is 266 g/mol. The molecule has 1 aromatic rings. The van der Waals surface area contributed by atoms with E-state index in [1.54, 1.807) is 11.9 Å². The molecule has 0 aliphatic carbocycles. The summed E-state index contributed by atoms with van der Waals surface area (Å²) in [5.41, 5.74) is 7.03. The fraction of sp³-hybridized carbons (Fsp3) is 0.667. The topological polar surface area (TPSA) is 59.5 Å². The summed E-state index contributed by atoms with van der Waals surface area (Å²) in [7, 11) is 1.79. The Labute approximate surface area is 116 Å². The lowest BCUT2D eigenvalue weighted by Gasteiger charge is -2.20. The molecule has 1 aromatic heterocycles. The highest BCUT2D eigenvalue weighted by atomic mass is 16.4. The number of hydrogen-bond donors (Lipinski definition) is 1. The molecule has 0 fully saturated rings. The third-order valence-corrected chi connectivity index (χ3v) is 3.55. The zero-order chi connectivity index (χ0) is 14.6. The Kier molecular flexibility index (Phi) is 5.60. The van der Waals surface area contributed by atoms with Gasteiger partial charge in [0.05, 0.1) is 0 Å². The summed E-state index contributed by atoms with van der Waals surface area (Å²) in [5, 5.41) is 0. The third kappa shape index (κ3) is 4.10. The molecule has 4 heteroatoms. The van der Waals surface area contributed by atoms with E-state index in [9.17, 15) is 4.79 Å². The maximum atomic E-state index is 12.2.